The van der Waals surface area contributed by atoms with E-state index >= 15 is 0 Å². The fourth-order valence-corrected chi connectivity index (χ4v) is 5.30. The van der Waals surface area contributed by atoms with Crippen LogP contribution in [0.1, 0.15) is 45.2 Å². The first kappa shape index (κ1) is 24.9. The highest BCUT2D eigenvalue weighted by molar-refractivity contribution is 7.93. The van der Waals surface area contributed by atoms with Crippen LogP contribution in [0, 0.1) is 19.8 Å². The zero-order valence-corrected chi connectivity index (χ0v) is 20.8. The molecule has 2 rings (SSSR count). The van der Waals surface area contributed by atoms with Gasteiger partial charge in [0.15, 0.2) is 0 Å². The largest absolute Gasteiger partial charge is 0.457 e. The summed E-state index contributed by atoms with van der Waals surface area (Å²) in [7, 11) is -0.449. The molecule has 31 heavy (non-hydrogen) atoms. The third kappa shape index (κ3) is 7.10. The van der Waals surface area contributed by atoms with E-state index in [2.05, 4.69) is 30.1 Å². The average molecular weight is 444 g/mol. The zero-order valence-electron chi connectivity index (χ0n) is 20.0. The molecule has 0 bridgehead atoms. The van der Waals surface area contributed by atoms with Crippen molar-refractivity contribution in [2.45, 2.75) is 52.9 Å². The van der Waals surface area contributed by atoms with Gasteiger partial charge in [0.1, 0.15) is 11.5 Å². The fraction of sp³-hybridized carbons (Fsp3) is 0.480. The molecule has 0 aliphatic rings. The Bertz CT molecular complexity index is 1020. The number of hydrogen-bond donors (Lipinski definition) is 0. The van der Waals surface area contributed by atoms with Crippen LogP contribution in [0.15, 0.2) is 50.6 Å². The minimum absolute atomic E-state index is 0.483. The first-order valence-electron chi connectivity index (χ1n) is 11.0. The van der Waals surface area contributed by atoms with Crippen molar-refractivity contribution in [2.24, 2.45) is 15.3 Å². The van der Waals surface area contributed by atoms with E-state index in [1.807, 2.05) is 75.5 Å². The van der Waals surface area contributed by atoms with Crippen LogP contribution >= 0.6 is 0 Å². The van der Waals surface area contributed by atoms with E-state index in [1.54, 1.807) is 0 Å². The number of aliphatic imine (C=N–C) groups is 1. The van der Waals surface area contributed by atoms with Crippen molar-refractivity contribution in [3.05, 3.63) is 47.5 Å². The molecule has 1 unspecified atom stereocenters. The summed E-state index contributed by atoms with van der Waals surface area (Å²) in [5.74, 6) is 2.50. The lowest BCUT2D eigenvalue weighted by Crippen LogP contribution is -2.14. The summed E-state index contributed by atoms with van der Waals surface area (Å²) in [6.07, 6.45) is 2.72. The SMILES string of the molecule is CCN=S(=O)(CCC(C)C)c1cccc(Oc2cc(C)c(/N=C/N(C)CC)cc2C)c1. The monoisotopic (exact) mass is 443 g/mol. The molecule has 170 valence electrons. The van der Waals surface area contributed by atoms with Crippen molar-refractivity contribution in [2.75, 3.05) is 25.9 Å². The van der Waals surface area contributed by atoms with E-state index in [0.29, 0.717) is 24.0 Å². The van der Waals surface area contributed by atoms with E-state index < -0.39 is 9.73 Å². The molecule has 0 N–H and O–H groups in total. The zero-order chi connectivity index (χ0) is 23.0. The van der Waals surface area contributed by atoms with E-state index in [0.717, 1.165) is 40.4 Å². The summed E-state index contributed by atoms with van der Waals surface area (Å²) in [6, 6.07) is 11.6. The molecule has 0 saturated carbocycles. The van der Waals surface area contributed by atoms with Crippen molar-refractivity contribution in [3.63, 3.8) is 0 Å². The maximum Gasteiger partial charge on any atom is 0.130 e. The van der Waals surface area contributed by atoms with Gasteiger partial charge in [0.2, 0.25) is 0 Å². The quantitative estimate of drug-likeness (QED) is 0.307. The lowest BCUT2D eigenvalue weighted by atomic mass is 10.1. The second-order valence-electron chi connectivity index (χ2n) is 8.27. The van der Waals surface area contributed by atoms with Crippen molar-refractivity contribution in [1.29, 1.82) is 0 Å². The molecule has 2 aromatic carbocycles. The van der Waals surface area contributed by atoms with E-state index in [9.17, 15) is 4.21 Å². The number of aryl methyl sites for hydroxylation is 2. The smallest absolute Gasteiger partial charge is 0.130 e. The van der Waals surface area contributed by atoms with Gasteiger partial charge >= 0.3 is 0 Å². The Morgan fingerprint density at radius 2 is 1.87 bits per heavy atom. The number of benzene rings is 2. The Labute approximate surface area is 188 Å². The first-order chi connectivity index (χ1) is 14.7. The predicted molar refractivity (Wildman–Crippen MR) is 133 cm³/mol. The van der Waals surface area contributed by atoms with Crippen molar-refractivity contribution >= 4 is 21.8 Å². The molecular weight excluding hydrogens is 406 g/mol. The summed E-state index contributed by atoms with van der Waals surface area (Å²) in [4.78, 5) is 7.35. The Morgan fingerprint density at radius 3 is 2.52 bits per heavy atom. The minimum atomic E-state index is -2.45. The highest BCUT2D eigenvalue weighted by atomic mass is 32.2. The van der Waals surface area contributed by atoms with Gasteiger partial charge in [-0.25, -0.2) is 13.6 Å². The lowest BCUT2D eigenvalue weighted by Gasteiger charge is -2.15. The average Bonchev–Trinajstić information content (AvgIpc) is 2.73. The maximum atomic E-state index is 13.6. The summed E-state index contributed by atoms with van der Waals surface area (Å²) >= 11 is 0. The Balaban J connectivity index is 2.32. The fourth-order valence-electron chi connectivity index (χ4n) is 2.99. The van der Waals surface area contributed by atoms with Crippen LogP contribution in [0.25, 0.3) is 0 Å². The lowest BCUT2D eigenvalue weighted by molar-refractivity contribution is 0.477. The Hall–Kier alpha value is -2.34. The number of nitrogens with zero attached hydrogens (tertiary/aromatic N) is 3. The third-order valence-electron chi connectivity index (χ3n) is 5.10. The predicted octanol–water partition coefficient (Wildman–Crippen LogP) is 6.60. The molecule has 0 aliphatic heterocycles. The van der Waals surface area contributed by atoms with Crippen LogP contribution < -0.4 is 4.74 Å². The summed E-state index contributed by atoms with van der Waals surface area (Å²) < 4.78 is 24.3. The minimum Gasteiger partial charge on any atom is -0.457 e. The van der Waals surface area contributed by atoms with Crippen molar-refractivity contribution in [3.8, 4) is 11.5 Å². The molecule has 0 radical (unpaired) electrons. The number of ether oxygens (including phenoxy) is 1. The van der Waals surface area contributed by atoms with Gasteiger partial charge in [-0.15, -0.1) is 0 Å². The highest BCUT2D eigenvalue weighted by Crippen LogP contribution is 2.32. The van der Waals surface area contributed by atoms with Gasteiger partial charge in [-0.1, -0.05) is 19.9 Å². The van der Waals surface area contributed by atoms with Crippen LogP contribution in [0.3, 0.4) is 0 Å². The molecule has 1 atom stereocenters. The van der Waals surface area contributed by atoms with E-state index in [1.165, 1.54) is 0 Å². The number of hydrogen-bond acceptors (Lipinski definition) is 4. The second-order valence-corrected chi connectivity index (χ2v) is 10.7. The molecule has 6 heteroatoms. The normalized spacial score (nSPS) is 13.4. The Morgan fingerprint density at radius 1 is 1.13 bits per heavy atom. The molecule has 0 amide bonds. The van der Waals surface area contributed by atoms with Crippen LogP contribution in [-0.4, -0.2) is 41.3 Å². The van der Waals surface area contributed by atoms with Gasteiger partial charge < -0.3 is 9.64 Å². The first-order valence-corrected chi connectivity index (χ1v) is 12.7. The molecule has 0 heterocycles. The topological polar surface area (TPSA) is 54.3 Å². The van der Waals surface area contributed by atoms with Crippen LogP contribution in [-0.2, 0) is 9.73 Å². The van der Waals surface area contributed by atoms with Gasteiger partial charge in [0.05, 0.1) is 26.7 Å². The maximum absolute atomic E-state index is 13.6. The summed E-state index contributed by atoms with van der Waals surface area (Å²) in [5.41, 5.74) is 2.97. The van der Waals surface area contributed by atoms with Crippen molar-refractivity contribution < 1.29 is 8.95 Å². The molecular formula is C25H37N3O2S. The van der Waals surface area contributed by atoms with Crippen LogP contribution in [0.4, 0.5) is 5.69 Å². The summed E-state index contributed by atoms with van der Waals surface area (Å²) in [5, 5.41) is 0. The van der Waals surface area contributed by atoms with Gasteiger partial charge in [0, 0.05) is 25.9 Å². The molecule has 0 aromatic heterocycles. The van der Waals surface area contributed by atoms with Gasteiger partial charge in [-0.2, -0.15) is 0 Å². The molecule has 5 nitrogen and oxygen atoms in total. The van der Waals surface area contributed by atoms with Gasteiger partial charge in [0.25, 0.3) is 0 Å². The highest BCUT2D eigenvalue weighted by Gasteiger charge is 2.15. The summed E-state index contributed by atoms with van der Waals surface area (Å²) in [6.45, 7) is 13.8. The Kier molecular flexibility index (Phi) is 9.11. The molecule has 0 spiro atoms. The third-order valence-corrected chi connectivity index (χ3v) is 7.55. The van der Waals surface area contributed by atoms with Gasteiger partial charge in [-0.3, -0.25) is 0 Å². The van der Waals surface area contributed by atoms with Gasteiger partial charge in [-0.05, 0) is 81.5 Å². The van der Waals surface area contributed by atoms with Crippen LogP contribution in [0.5, 0.6) is 11.5 Å². The molecule has 0 fully saturated rings. The molecule has 2 aromatic rings. The number of rotatable bonds is 10. The van der Waals surface area contributed by atoms with Crippen LogP contribution in [0.2, 0.25) is 0 Å². The van der Waals surface area contributed by atoms with E-state index in [-0.39, 0.29) is 0 Å². The molecule has 0 saturated heterocycles. The second kappa shape index (κ2) is 11.3. The van der Waals surface area contributed by atoms with E-state index in [4.69, 9.17) is 4.74 Å². The van der Waals surface area contributed by atoms with Crippen molar-refractivity contribution in [1.82, 2.24) is 4.90 Å². The molecule has 0 aliphatic carbocycles. The standard InChI is InChI=1S/C25H37N3O2S/c1-8-27-31(29,14-13-19(3)4)23-12-10-11-22(17-23)30-25-16-20(5)24(15-21(25)6)26-18-28(7)9-2/h10-12,15-19H,8-9,13-14H2,1-7H3/b26-18+.